The molecular weight excluding hydrogens is 344 g/mol. The van der Waals surface area contributed by atoms with Gasteiger partial charge in [-0.3, -0.25) is 4.79 Å². The van der Waals surface area contributed by atoms with E-state index in [2.05, 4.69) is 4.98 Å². The molecule has 5 nitrogen and oxygen atoms in total. The maximum Gasteiger partial charge on any atom is 0.231 e. The Hall–Kier alpha value is -1.44. The number of carbonyl (C=O) groups is 1. The molecule has 0 saturated heterocycles. The second-order valence-electron chi connectivity index (χ2n) is 4.73. The van der Waals surface area contributed by atoms with Gasteiger partial charge >= 0.3 is 0 Å². The number of nitrogens with two attached hydrogens (primary N) is 1. The molecular formula is C14H13ClN2O3S2. The monoisotopic (exact) mass is 356 g/mol. The molecule has 0 spiro atoms. The van der Waals surface area contributed by atoms with E-state index in [1.54, 1.807) is 11.8 Å². The van der Waals surface area contributed by atoms with Crippen molar-refractivity contribution in [3.8, 4) is 11.5 Å². The standard InChI is InChI=1S/C14H13ClN2O3S2/c1-7-11(4-12(16)18)22-14(17-7)21-5-8-2-9(15)13-10(3-8)19-6-20-13/h2-3H,4-6H2,1H3,(H2,16,18). The van der Waals surface area contributed by atoms with Crippen LogP contribution in [0.3, 0.4) is 0 Å². The van der Waals surface area contributed by atoms with E-state index in [0.29, 0.717) is 22.3 Å². The number of thiazole rings is 1. The average molecular weight is 357 g/mol. The fourth-order valence-electron chi connectivity index (χ4n) is 2.03. The van der Waals surface area contributed by atoms with Crippen molar-refractivity contribution < 1.29 is 14.3 Å². The van der Waals surface area contributed by atoms with Crippen LogP contribution in [0, 0.1) is 6.92 Å². The molecule has 0 unspecified atom stereocenters. The lowest BCUT2D eigenvalue weighted by Crippen LogP contribution is -2.13. The summed E-state index contributed by atoms with van der Waals surface area (Å²) in [6.45, 7) is 2.09. The molecule has 1 aliphatic rings. The highest BCUT2D eigenvalue weighted by molar-refractivity contribution is 8.00. The average Bonchev–Trinajstić information content (AvgIpc) is 3.04. The fourth-order valence-corrected chi connectivity index (χ4v) is 4.50. The van der Waals surface area contributed by atoms with Gasteiger partial charge in [0.15, 0.2) is 15.8 Å². The van der Waals surface area contributed by atoms with E-state index in [9.17, 15) is 4.79 Å². The van der Waals surface area contributed by atoms with Gasteiger partial charge in [0.05, 0.1) is 17.1 Å². The van der Waals surface area contributed by atoms with Gasteiger partial charge in [0.25, 0.3) is 0 Å². The van der Waals surface area contributed by atoms with Crippen LogP contribution < -0.4 is 15.2 Å². The summed E-state index contributed by atoms with van der Waals surface area (Å²) < 4.78 is 11.6. The highest BCUT2D eigenvalue weighted by Crippen LogP contribution is 2.41. The number of hydrogen-bond donors (Lipinski definition) is 1. The maximum atomic E-state index is 11.0. The molecule has 0 fully saturated rings. The van der Waals surface area contributed by atoms with Crippen molar-refractivity contribution in [2.24, 2.45) is 5.73 Å². The van der Waals surface area contributed by atoms with E-state index >= 15 is 0 Å². The van der Waals surface area contributed by atoms with E-state index in [-0.39, 0.29) is 19.1 Å². The van der Waals surface area contributed by atoms with Gasteiger partial charge in [-0.1, -0.05) is 23.4 Å². The number of fused-ring (bicyclic) bond motifs is 1. The number of hydrogen-bond acceptors (Lipinski definition) is 6. The first-order valence-corrected chi connectivity index (χ1v) is 8.66. The summed E-state index contributed by atoms with van der Waals surface area (Å²) in [4.78, 5) is 16.4. The number of primary amides is 1. The summed E-state index contributed by atoms with van der Waals surface area (Å²) in [5.74, 6) is 1.64. The Kier molecular flexibility index (Phi) is 4.46. The SMILES string of the molecule is Cc1nc(SCc2cc(Cl)c3c(c2)OCO3)sc1CC(N)=O. The molecule has 8 heteroatoms. The van der Waals surface area contributed by atoms with Crippen molar-refractivity contribution >= 4 is 40.6 Å². The number of thioether (sulfide) groups is 1. The van der Waals surface area contributed by atoms with Crippen LogP contribution >= 0.6 is 34.7 Å². The Bertz CT molecular complexity index is 733. The number of benzene rings is 1. The summed E-state index contributed by atoms with van der Waals surface area (Å²) in [6.07, 6.45) is 0.236. The molecule has 0 atom stereocenters. The second-order valence-corrected chi connectivity index (χ2v) is 7.44. The molecule has 1 aliphatic heterocycles. The third kappa shape index (κ3) is 3.31. The maximum absolute atomic E-state index is 11.0. The van der Waals surface area contributed by atoms with Gasteiger partial charge in [-0.15, -0.1) is 11.3 Å². The first-order valence-electron chi connectivity index (χ1n) is 6.48. The van der Waals surface area contributed by atoms with Crippen LogP contribution in [-0.2, 0) is 17.0 Å². The summed E-state index contributed by atoms with van der Waals surface area (Å²) in [5.41, 5.74) is 7.12. The minimum Gasteiger partial charge on any atom is -0.454 e. The number of nitrogens with zero attached hydrogens (tertiary/aromatic N) is 1. The molecule has 0 bridgehead atoms. The molecule has 2 aromatic rings. The van der Waals surface area contributed by atoms with Gasteiger partial charge in [0.2, 0.25) is 12.7 Å². The highest BCUT2D eigenvalue weighted by atomic mass is 35.5. The fraction of sp³-hybridized carbons (Fsp3) is 0.286. The quantitative estimate of drug-likeness (QED) is 0.833. The molecule has 1 aromatic carbocycles. The minimum absolute atomic E-state index is 0.202. The number of aryl methyl sites for hydroxylation is 1. The van der Waals surface area contributed by atoms with Crippen LogP contribution in [0.2, 0.25) is 5.02 Å². The Labute approximate surface area is 140 Å². The van der Waals surface area contributed by atoms with E-state index in [1.807, 2.05) is 19.1 Å². The Balaban J connectivity index is 1.70. The van der Waals surface area contributed by atoms with Crippen LogP contribution in [0.5, 0.6) is 11.5 Å². The molecule has 2 heterocycles. The smallest absolute Gasteiger partial charge is 0.231 e. The highest BCUT2D eigenvalue weighted by Gasteiger charge is 2.18. The van der Waals surface area contributed by atoms with Crippen molar-refractivity contribution in [2.45, 2.75) is 23.4 Å². The van der Waals surface area contributed by atoms with Crippen molar-refractivity contribution in [2.75, 3.05) is 6.79 Å². The summed E-state index contributed by atoms with van der Waals surface area (Å²) in [7, 11) is 0. The van der Waals surface area contributed by atoms with Gasteiger partial charge < -0.3 is 15.2 Å². The predicted octanol–water partition coefficient (Wildman–Crippen LogP) is 3.15. The number of rotatable bonds is 5. The number of aromatic nitrogens is 1. The number of ether oxygens (including phenoxy) is 2. The molecule has 2 N–H and O–H groups in total. The Morgan fingerprint density at radius 3 is 3.09 bits per heavy atom. The summed E-state index contributed by atoms with van der Waals surface area (Å²) in [5, 5.41) is 0.551. The molecule has 116 valence electrons. The predicted molar refractivity (Wildman–Crippen MR) is 86.9 cm³/mol. The van der Waals surface area contributed by atoms with E-state index in [4.69, 9.17) is 26.8 Å². The van der Waals surface area contributed by atoms with Crippen LogP contribution in [0.25, 0.3) is 0 Å². The molecule has 0 aliphatic carbocycles. The summed E-state index contributed by atoms with van der Waals surface area (Å²) in [6, 6.07) is 3.79. The van der Waals surface area contributed by atoms with Crippen molar-refractivity contribution in [3.63, 3.8) is 0 Å². The number of amides is 1. The van der Waals surface area contributed by atoms with Gasteiger partial charge in [0, 0.05) is 10.6 Å². The Morgan fingerprint density at radius 2 is 2.32 bits per heavy atom. The zero-order chi connectivity index (χ0) is 15.7. The van der Waals surface area contributed by atoms with Gasteiger partial charge in [-0.2, -0.15) is 0 Å². The van der Waals surface area contributed by atoms with E-state index < -0.39 is 0 Å². The first-order chi connectivity index (χ1) is 10.5. The lowest BCUT2D eigenvalue weighted by molar-refractivity contribution is -0.117. The van der Waals surface area contributed by atoms with Crippen molar-refractivity contribution in [3.05, 3.63) is 33.3 Å². The molecule has 0 saturated carbocycles. The largest absolute Gasteiger partial charge is 0.454 e. The summed E-state index contributed by atoms with van der Waals surface area (Å²) >= 11 is 9.25. The molecule has 3 rings (SSSR count). The topological polar surface area (TPSA) is 74.4 Å². The second kappa shape index (κ2) is 6.36. The van der Waals surface area contributed by atoms with Gasteiger partial charge in [0.1, 0.15) is 0 Å². The van der Waals surface area contributed by atoms with Gasteiger partial charge in [-0.25, -0.2) is 4.98 Å². The van der Waals surface area contributed by atoms with Crippen LogP contribution in [0.4, 0.5) is 0 Å². The van der Waals surface area contributed by atoms with E-state index in [0.717, 1.165) is 20.5 Å². The minimum atomic E-state index is -0.342. The normalized spacial score (nSPS) is 12.6. The number of carbonyl (C=O) groups excluding carboxylic acids is 1. The Morgan fingerprint density at radius 1 is 1.50 bits per heavy atom. The van der Waals surface area contributed by atoms with Gasteiger partial charge in [-0.05, 0) is 24.6 Å². The van der Waals surface area contributed by atoms with Crippen LogP contribution in [0.1, 0.15) is 16.1 Å². The zero-order valence-corrected chi connectivity index (χ0v) is 14.1. The number of halogens is 1. The van der Waals surface area contributed by atoms with Crippen molar-refractivity contribution in [1.29, 1.82) is 0 Å². The molecule has 22 heavy (non-hydrogen) atoms. The zero-order valence-electron chi connectivity index (χ0n) is 11.7. The third-order valence-corrected chi connectivity index (χ3v) is 5.71. The molecule has 0 radical (unpaired) electrons. The lowest BCUT2D eigenvalue weighted by atomic mass is 10.2. The van der Waals surface area contributed by atoms with Crippen molar-refractivity contribution in [1.82, 2.24) is 4.98 Å². The lowest BCUT2D eigenvalue weighted by Gasteiger charge is -2.03. The van der Waals surface area contributed by atoms with Crippen LogP contribution in [0.15, 0.2) is 16.5 Å². The molecule has 1 amide bonds. The van der Waals surface area contributed by atoms with E-state index in [1.165, 1.54) is 11.3 Å². The van der Waals surface area contributed by atoms with Crippen LogP contribution in [-0.4, -0.2) is 17.7 Å². The first kappa shape index (κ1) is 15.5. The molecule has 1 aromatic heterocycles. The third-order valence-electron chi connectivity index (χ3n) is 3.06.